The molecule has 0 saturated carbocycles. The van der Waals surface area contributed by atoms with E-state index in [9.17, 15) is 69.0 Å². The molecular formula is C34H62N10O16. The molecule has 2 rings (SSSR count). The van der Waals surface area contributed by atoms with E-state index in [1.165, 1.54) is 0 Å². The molecule has 22 N–H and O–H groups in total. The normalized spacial score (nSPS) is 28.2. The topological polar surface area (TPSA) is 481 Å². The van der Waals surface area contributed by atoms with Crippen LogP contribution >= 0.6 is 0 Å². The SMILES string of the molecule is CC1C(CO)OC(O)C(NC(=O)C(CCC(N)=O)NC(=O)C(N)CCC(N)=O)C1O.CC1C(CO)OC(O)C(NC(=O)CCC(NC(=O)C(N)CCC(N)=O)C(N)=O)C1O. The lowest BCUT2D eigenvalue weighted by molar-refractivity contribution is -0.235. The number of hydrogen-bond donors (Lipinski definition) is 16. The molecule has 0 aromatic rings. The van der Waals surface area contributed by atoms with Crippen molar-refractivity contribution in [1.82, 2.24) is 21.3 Å². The van der Waals surface area contributed by atoms with E-state index in [2.05, 4.69) is 21.3 Å². The van der Waals surface area contributed by atoms with Crippen molar-refractivity contribution >= 4 is 47.3 Å². The van der Waals surface area contributed by atoms with Crippen LogP contribution in [0.5, 0.6) is 0 Å². The zero-order chi connectivity index (χ0) is 46.0. The van der Waals surface area contributed by atoms with Gasteiger partial charge >= 0.3 is 0 Å². The molecule has 0 aliphatic carbocycles. The number of amides is 8. The lowest BCUT2D eigenvalue weighted by atomic mass is 9.89. The largest absolute Gasteiger partial charge is 0.394 e. The number of primary amides is 4. The van der Waals surface area contributed by atoms with Gasteiger partial charge in [0.2, 0.25) is 47.3 Å². The summed E-state index contributed by atoms with van der Waals surface area (Å²) in [4.78, 5) is 93.4. The van der Waals surface area contributed by atoms with Crippen LogP contribution in [0.15, 0.2) is 0 Å². The van der Waals surface area contributed by atoms with Crippen molar-refractivity contribution in [2.24, 2.45) is 46.2 Å². The third-order valence-corrected chi connectivity index (χ3v) is 9.93. The maximum Gasteiger partial charge on any atom is 0.243 e. The van der Waals surface area contributed by atoms with E-state index in [1.54, 1.807) is 13.8 Å². The number of aliphatic hydroxyl groups excluding tert-OH is 6. The molecular weight excluding hydrogens is 804 g/mol. The molecule has 2 saturated heterocycles. The zero-order valence-corrected chi connectivity index (χ0v) is 33.4. The van der Waals surface area contributed by atoms with Crippen LogP contribution in [0.25, 0.3) is 0 Å². The molecule has 26 nitrogen and oxygen atoms in total. The van der Waals surface area contributed by atoms with Gasteiger partial charge in [0.1, 0.15) is 24.2 Å². The number of rotatable bonds is 22. The number of carbonyl (C=O) groups is 8. The second-order valence-corrected chi connectivity index (χ2v) is 14.6. The highest BCUT2D eigenvalue weighted by Crippen LogP contribution is 2.26. The number of nitrogens with two attached hydrogens (primary N) is 6. The molecule has 2 heterocycles. The van der Waals surface area contributed by atoms with Gasteiger partial charge in [-0.05, 0) is 25.7 Å². The van der Waals surface area contributed by atoms with Crippen molar-refractivity contribution in [2.45, 2.75) is 138 Å². The predicted octanol–water partition coefficient (Wildman–Crippen LogP) is -8.96. The van der Waals surface area contributed by atoms with Crippen molar-refractivity contribution < 1.29 is 78.5 Å². The fraction of sp³-hybridized carbons (Fsp3) is 0.765. The Morgan fingerprint density at radius 2 is 0.917 bits per heavy atom. The van der Waals surface area contributed by atoms with Crippen LogP contribution in [0.3, 0.4) is 0 Å². The van der Waals surface area contributed by atoms with E-state index in [-0.39, 0.29) is 51.4 Å². The molecule has 14 unspecified atom stereocenters. The Morgan fingerprint density at radius 1 is 0.550 bits per heavy atom. The van der Waals surface area contributed by atoms with Crippen LogP contribution < -0.4 is 55.7 Å². The van der Waals surface area contributed by atoms with Crippen LogP contribution in [-0.2, 0) is 47.8 Å². The third kappa shape index (κ3) is 17.5. The molecule has 2 aliphatic rings. The van der Waals surface area contributed by atoms with Gasteiger partial charge < -0.3 is 95.8 Å². The van der Waals surface area contributed by atoms with E-state index in [0.29, 0.717) is 0 Å². The average molecular weight is 867 g/mol. The van der Waals surface area contributed by atoms with Gasteiger partial charge in [0.05, 0.1) is 49.7 Å². The van der Waals surface area contributed by atoms with Crippen LogP contribution in [0, 0.1) is 11.8 Å². The number of nitrogens with one attached hydrogen (secondary N) is 4. The molecule has 8 amide bonds. The van der Waals surface area contributed by atoms with E-state index in [0.717, 1.165) is 0 Å². The summed E-state index contributed by atoms with van der Waals surface area (Å²) in [5, 5.41) is 68.5. The fourth-order valence-corrected chi connectivity index (χ4v) is 5.99. The van der Waals surface area contributed by atoms with Gasteiger partial charge in [0.25, 0.3) is 0 Å². The van der Waals surface area contributed by atoms with Gasteiger partial charge in [-0.3, -0.25) is 38.4 Å². The molecule has 2 fully saturated rings. The molecule has 344 valence electrons. The van der Waals surface area contributed by atoms with E-state index in [4.69, 9.17) is 43.9 Å². The molecule has 0 radical (unpaired) electrons. The summed E-state index contributed by atoms with van der Waals surface area (Å²) in [7, 11) is 0. The lowest BCUT2D eigenvalue weighted by Crippen LogP contribution is -2.63. The minimum absolute atomic E-state index is 0.0163. The van der Waals surface area contributed by atoms with E-state index in [1.807, 2.05) is 0 Å². The predicted molar refractivity (Wildman–Crippen MR) is 204 cm³/mol. The third-order valence-electron chi connectivity index (χ3n) is 9.93. The quantitative estimate of drug-likeness (QED) is 0.0480. The van der Waals surface area contributed by atoms with E-state index < -0.39 is 146 Å². The second kappa shape index (κ2) is 25.9. The minimum Gasteiger partial charge on any atom is -0.394 e. The van der Waals surface area contributed by atoms with Gasteiger partial charge in [-0.15, -0.1) is 0 Å². The average Bonchev–Trinajstić information content (AvgIpc) is 3.18. The second-order valence-electron chi connectivity index (χ2n) is 14.6. The summed E-state index contributed by atoms with van der Waals surface area (Å²) in [5.74, 6) is -6.95. The summed E-state index contributed by atoms with van der Waals surface area (Å²) in [5.41, 5.74) is 31.7. The number of aliphatic hydroxyl groups is 6. The summed E-state index contributed by atoms with van der Waals surface area (Å²) in [6, 6.07) is -7.04. The Balaban J connectivity index is 0.000000600. The first-order valence-electron chi connectivity index (χ1n) is 19.1. The first-order chi connectivity index (χ1) is 27.9. The van der Waals surface area contributed by atoms with Crippen molar-refractivity contribution in [3.05, 3.63) is 0 Å². The maximum atomic E-state index is 12.7. The number of hydrogen-bond acceptors (Lipinski definition) is 18. The van der Waals surface area contributed by atoms with Crippen molar-refractivity contribution in [3.8, 4) is 0 Å². The lowest BCUT2D eigenvalue weighted by Gasteiger charge is -2.41. The molecule has 14 atom stereocenters. The highest BCUT2D eigenvalue weighted by Gasteiger charge is 2.44. The molecule has 0 aromatic carbocycles. The Labute approximate surface area is 344 Å². The summed E-state index contributed by atoms with van der Waals surface area (Å²) >= 11 is 0. The molecule has 60 heavy (non-hydrogen) atoms. The maximum absolute atomic E-state index is 12.7. The van der Waals surface area contributed by atoms with Crippen molar-refractivity contribution in [2.75, 3.05) is 13.2 Å². The first-order valence-corrected chi connectivity index (χ1v) is 19.1. The van der Waals surface area contributed by atoms with Crippen LogP contribution in [0.4, 0.5) is 0 Å². The Hall–Kier alpha value is -4.64. The van der Waals surface area contributed by atoms with Crippen molar-refractivity contribution in [1.29, 1.82) is 0 Å². The molecule has 26 heteroatoms. The van der Waals surface area contributed by atoms with Gasteiger partial charge in [-0.1, -0.05) is 13.8 Å². The first kappa shape index (κ1) is 53.4. The number of ether oxygens (including phenoxy) is 2. The monoisotopic (exact) mass is 866 g/mol. The Bertz CT molecular complexity index is 1480. The standard InChI is InChI=1S/2C17H31N5O8/c1-7-10(6-23)30-17(29)13(14(7)26)22-12(25)5-3-9(15(20)27)21-16(28)8(18)2-4-11(19)24;1-7-10(6-23)30-17(29)13(14(7)26)22-16(28)9(3-5-12(20)25)21-15(27)8(18)2-4-11(19)24/h7-10,13-14,17,23,26,29H,2-6,18H2,1H3,(H2,19,24)(H2,20,27)(H,21,28)(H,22,25);7-10,13-14,17,23,26,29H,2-6,18H2,1H3,(H2,19,24)(H2,20,25)(H,21,27)(H,22,28). The molecule has 2 aliphatic heterocycles. The minimum atomic E-state index is -1.61. The smallest absolute Gasteiger partial charge is 0.243 e. The highest BCUT2D eigenvalue weighted by atomic mass is 16.6. The zero-order valence-electron chi connectivity index (χ0n) is 33.4. The Kier molecular flexibility index (Phi) is 23.0. The van der Waals surface area contributed by atoms with E-state index >= 15 is 0 Å². The Morgan fingerprint density at radius 3 is 1.30 bits per heavy atom. The molecule has 0 bridgehead atoms. The van der Waals surface area contributed by atoms with Gasteiger partial charge in [0, 0.05) is 37.5 Å². The van der Waals surface area contributed by atoms with Gasteiger partial charge in [0.15, 0.2) is 12.6 Å². The molecule has 0 aromatic heterocycles. The van der Waals surface area contributed by atoms with Crippen molar-refractivity contribution in [3.63, 3.8) is 0 Å². The fourth-order valence-electron chi connectivity index (χ4n) is 5.99. The highest BCUT2D eigenvalue weighted by molar-refractivity contribution is 5.91. The summed E-state index contributed by atoms with van der Waals surface area (Å²) < 4.78 is 10.4. The number of carbonyl (C=O) groups excluding carboxylic acids is 8. The van der Waals surface area contributed by atoms with Crippen LogP contribution in [0.1, 0.15) is 65.2 Å². The van der Waals surface area contributed by atoms with Crippen LogP contribution in [-0.4, -0.2) is 164 Å². The van der Waals surface area contributed by atoms with Gasteiger partial charge in [-0.2, -0.15) is 0 Å². The van der Waals surface area contributed by atoms with Gasteiger partial charge in [-0.25, -0.2) is 0 Å². The molecule has 0 spiro atoms. The summed E-state index contributed by atoms with van der Waals surface area (Å²) in [6.45, 7) is 2.32. The van der Waals surface area contributed by atoms with Crippen LogP contribution in [0.2, 0.25) is 0 Å². The summed E-state index contributed by atoms with van der Waals surface area (Å²) in [6.07, 6.45) is -8.29.